The number of carbonyl (C=O) groups is 1. The SMILES string of the molecule is Nc1ccc(C2(C(=O)c3cccs3)CC2)cc1. The first kappa shape index (κ1) is 10.5. The van der Waals surface area contributed by atoms with Crippen molar-refractivity contribution in [1.29, 1.82) is 0 Å². The molecule has 1 saturated carbocycles. The second-order valence-corrected chi connectivity index (χ2v) is 5.46. The summed E-state index contributed by atoms with van der Waals surface area (Å²) in [5, 5.41) is 1.95. The lowest BCUT2D eigenvalue weighted by Crippen LogP contribution is -2.19. The molecule has 1 aromatic carbocycles. The van der Waals surface area contributed by atoms with Crippen LogP contribution in [0.25, 0.3) is 0 Å². The summed E-state index contributed by atoms with van der Waals surface area (Å²) in [6, 6.07) is 11.5. The molecular formula is C14H13NOS. The van der Waals surface area contributed by atoms with Gasteiger partial charge < -0.3 is 5.73 Å². The molecule has 0 spiro atoms. The van der Waals surface area contributed by atoms with E-state index in [9.17, 15) is 4.79 Å². The van der Waals surface area contributed by atoms with E-state index in [2.05, 4.69) is 0 Å². The quantitative estimate of drug-likeness (QED) is 0.664. The predicted molar refractivity (Wildman–Crippen MR) is 70.4 cm³/mol. The Kier molecular flexibility index (Phi) is 2.30. The fourth-order valence-corrected chi connectivity index (χ4v) is 2.98. The van der Waals surface area contributed by atoms with E-state index < -0.39 is 0 Å². The highest BCUT2D eigenvalue weighted by atomic mass is 32.1. The lowest BCUT2D eigenvalue weighted by atomic mass is 9.90. The van der Waals surface area contributed by atoms with Gasteiger partial charge in [-0.05, 0) is 42.0 Å². The summed E-state index contributed by atoms with van der Waals surface area (Å²) in [6.45, 7) is 0. The van der Waals surface area contributed by atoms with E-state index in [0.29, 0.717) is 0 Å². The topological polar surface area (TPSA) is 43.1 Å². The van der Waals surface area contributed by atoms with E-state index in [4.69, 9.17) is 5.73 Å². The number of thiophene rings is 1. The number of hydrogen-bond donors (Lipinski definition) is 1. The number of Topliss-reactive ketones (excluding diaryl/α,β-unsaturated/α-hetero) is 1. The Morgan fingerprint density at radius 1 is 1.18 bits per heavy atom. The van der Waals surface area contributed by atoms with Crippen molar-refractivity contribution in [3.63, 3.8) is 0 Å². The van der Waals surface area contributed by atoms with E-state index >= 15 is 0 Å². The molecule has 0 atom stereocenters. The minimum atomic E-state index is -0.265. The highest BCUT2D eigenvalue weighted by Gasteiger charge is 2.51. The Morgan fingerprint density at radius 2 is 1.88 bits per heavy atom. The predicted octanol–water partition coefficient (Wildman–Crippen LogP) is 3.24. The van der Waals surface area contributed by atoms with Gasteiger partial charge in [0.25, 0.3) is 0 Å². The first-order valence-corrected chi connectivity index (χ1v) is 6.55. The number of carbonyl (C=O) groups excluding carboxylic acids is 1. The molecule has 1 aliphatic carbocycles. The van der Waals surface area contributed by atoms with Crippen LogP contribution in [0.5, 0.6) is 0 Å². The van der Waals surface area contributed by atoms with Crippen LogP contribution in [-0.2, 0) is 5.41 Å². The molecule has 2 nitrogen and oxygen atoms in total. The fraction of sp³-hybridized carbons (Fsp3) is 0.214. The minimum Gasteiger partial charge on any atom is -0.399 e. The van der Waals surface area contributed by atoms with Crippen LogP contribution in [0.1, 0.15) is 28.1 Å². The first-order chi connectivity index (χ1) is 8.22. The summed E-state index contributed by atoms with van der Waals surface area (Å²) in [5.74, 6) is 0.261. The molecule has 0 unspecified atom stereocenters. The van der Waals surface area contributed by atoms with Crippen molar-refractivity contribution < 1.29 is 4.79 Å². The number of hydrogen-bond acceptors (Lipinski definition) is 3. The molecule has 3 rings (SSSR count). The summed E-state index contributed by atoms with van der Waals surface area (Å²) < 4.78 is 0. The lowest BCUT2D eigenvalue weighted by Gasteiger charge is -2.13. The van der Waals surface area contributed by atoms with Gasteiger partial charge in [0.15, 0.2) is 5.78 Å². The Balaban J connectivity index is 1.97. The van der Waals surface area contributed by atoms with Crippen LogP contribution in [0.3, 0.4) is 0 Å². The molecule has 0 aliphatic heterocycles. The summed E-state index contributed by atoms with van der Waals surface area (Å²) in [5.41, 5.74) is 7.26. The standard InChI is InChI=1S/C14H13NOS/c15-11-5-3-10(4-6-11)14(7-8-14)13(16)12-2-1-9-17-12/h1-6,9H,7-8,15H2. The van der Waals surface area contributed by atoms with E-state index in [1.165, 1.54) is 11.3 Å². The molecule has 2 aromatic rings. The monoisotopic (exact) mass is 243 g/mol. The molecule has 0 amide bonds. The van der Waals surface area contributed by atoms with Gasteiger partial charge in [-0.25, -0.2) is 0 Å². The van der Waals surface area contributed by atoms with Gasteiger partial charge in [0, 0.05) is 5.69 Å². The zero-order chi connectivity index (χ0) is 11.9. The smallest absolute Gasteiger partial charge is 0.183 e. The molecule has 0 radical (unpaired) electrons. The average molecular weight is 243 g/mol. The van der Waals surface area contributed by atoms with E-state index in [0.717, 1.165) is 29.0 Å². The van der Waals surface area contributed by atoms with Crippen molar-refractivity contribution >= 4 is 22.8 Å². The molecule has 3 heteroatoms. The molecule has 1 aliphatic rings. The Bertz CT molecular complexity index is 538. The minimum absolute atomic E-state index is 0.261. The maximum absolute atomic E-state index is 12.5. The summed E-state index contributed by atoms with van der Waals surface area (Å²) in [4.78, 5) is 13.3. The molecule has 1 heterocycles. The van der Waals surface area contributed by atoms with Crippen molar-refractivity contribution in [1.82, 2.24) is 0 Å². The van der Waals surface area contributed by atoms with Crippen LogP contribution >= 0.6 is 11.3 Å². The third kappa shape index (κ3) is 1.67. The molecule has 1 aromatic heterocycles. The number of benzene rings is 1. The number of ketones is 1. The van der Waals surface area contributed by atoms with Gasteiger partial charge in [-0.3, -0.25) is 4.79 Å². The number of anilines is 1. The number of rotatable bonds is 3. The zero-order valence-corrected chi connectivity index (χ0v) is 10.2. The van der Waals surface area contributed by atoms with Crippen LogP contribution in [-0.4, -0.2) is 5.78 Å². The molecule has 0 saturated heterocycles. The van der Waals surface area contributed by atoms with Gasteiger partial charge in [-0.1, -0.05) is 18.2 Å². The van der Waals surface area contributed by atoms with Gasteiger partial charge in [0.1, 0.15) is 0 Å². The summed E-state index contributed by atoms with van der Waals surface area (Å²) in [6.07, 6.45) is 1.90. The Labute approximate surface area is 104 Å². The van der Waals surface area contributed by atoms with Crippen molar-refractivity contribution in [3.8, 4) is 0 Å². The van der Waals surface area contributed by atoms with Crippen LogP contribution in [0.4, 0.5) is 5.69 Å². The van der Waals surface area contributed by atoms with E-state index in [-0.39, 0.29) is 11.2 Å². The van der Waals surface area contributed by atoms with Crippen molar-refractivity contribution in [3.05, 3.63) is 52.2 Å². The molecule has 2 N–H and O–H groups in total. The Morgan fingerprint density at radius 3 is 2.41 bits per heavy atom. The maximum Gasteiger partial charge on any atom is 0.183 e. The van der Waals surface area contributed by atoms with Crippen molar-refractivity contribution in [2.75, 3.05) is 5.73 Å². The van der Waals surface area contributed by atoms with Crippen molar-refractivity contribution in [2.24, 2.45) is 0 Å². The van der Waals surface area contributed by atoms with Gasteiger partial charge in [0.05, 0.1) is 10.3 Å². The van der Waals surface area contributed by atoms with Crippen LogP contribution < -0.4 is 5.73 Å². The normalized spacial score (nSPS) is 16.7. The molecule has 1 fully saturated rings. The van der Waals surface area contributed by atoms with Gasteiger partial charge in [0.2, 0.25) is 0 Å². The second-order valence-electron chi connectivity index (χ2n) is 4.51. The fourth-order valence-electron chi connectivity index (χ4n) is 2.22. The molecule has 17 heavy (non-hydrogen) atoms. The molecule has 0 bridgehead atoms. The number of nitrogens with two attached hydrogens (primary N) is 1. The van der Waals surface area contributed by atoms with Crippen LogP contribution in [0.15, 0.2) is 41.8 Å². The van der Waals surface area contributed by atoms with E-state index in [1.807, 2.05) is 41.8 Å². The number of nitrogen functional groups attached to an aromatic ring is 1. The van der Waals surface area contributed by atoms with Gasteiger partial charge >= 0.3 is 0 Å². The largest absolute Gasteiger partial charge is 0.399 e. The van der Waals surface area contributed by atoms with Crippen LogP contribution in [0.2, 0.25) is 0 Å². The lowest BCUT2D eigenvalue weighted by molar-refractivity contribution is 0.0950. The third-order valence-electron chi connectivity index (χ3n) is 3.39. The van der Waals surface area contributed by atoms with E-state index in [1.54, 1.807) is 0 Å². The third-order valence-corrected chi connectivity index (χ3v) is 4.26. The van der Waals surface area contributed by atoms with Gasteiger partial charge in [-0.15, -0.1) is 11.3 Å². The highest BCUT2D eigenvalue weighted by Crippen LogP contribution is 2.51. The second kappa shape index (κ2) is 3.70. The summed E-state index contributed by atoms with van der Waals surface area (Å²) >= 11 is 1.52. The molecular weight excluding hydrogens is 230 g/mol. The summed E-state index contributed by atoms with van der Waals surface area (Å²) in [7, 11) is 0. The maximum atomic E-state index is 12.5. The molecule has 86 valence electrons. The zero-order valence-electron chi connectivity index (χ0n) is 9.35. The Hall–Kier alpha value is -1.61. The first-order valence-electron chi connectivity index (χ1n) is 5.67. The van der Waals surface area contributed by atoms with Crippen molar-refractivity contribution in [2.45, 2.75) is 18.3 Å². The van der Waals surface area contributed by atoms with Gasteiger partial charge in [-0.2, -0.15) is 0 Å². The highest BCUT2D eigenvalue weighted by molar-refractivity contribution is 7.12. The average Bonchev–Trinajstić information content (AvgIpc) is 2.97. The van der Waals surface area contributed by atoms with Crippen LogP contribution in [0, 0.1) is 0 Å².